The van der Waals surface area contributed by atoms with E-state index < -0.39 is 0 Å². The van der Waals surface area contributed by atoms with Gasteiger partial charge >= 0.3 is 0 Å². The summed E-state index contributed by atoms with van der Waals surface area (Å²) in [7, 11) is 0. The van der Waals surface area contributed by atoms with Gasteiger partial charge in [0.05, 0.1) is 0 Å². The van der Waals surface area contributed by atoms with Crippen molar-refractivity contribution in [1.82, 2.24) is 0 Å². The van der Waals surface area contributed by atoms with E-state index in [9.17, 15) is 0 Å². The highest BCUT2D eigenvalue weighted by Crippen LogP contribution is 2.24. The number of rotatable bonds is 5. The molecule has 0 spiro atoms. The summed E-state index contributed by atoms with van der Waals surface area (Å²) >= 11 is 5.90. The SMILES string of the molecule is NCCCc1ccc(Oc2cccc(Cl)c2)cc1. The highest BCUT2D eigenvalue weighted by atomic mass is 35.5. The zero-order valence-electron chi connectivity index (χ0n) is 10.1. The van der Waals surface area contributed by atoms with Gasteiger partial charge in [-0.25, -0.2) is 0 Å². The molecule has 2 nitrogen and oxygen atoms in total. The first-order chi connectivity index (χ1) is 8.78. The van der Waals surface area contributed by atoms with Gasteiger partial charge in [0.1, 0.15) is 11.5 Å². The van der Waals surface area contributed by atoms with Crippen molar-refractivity contribution in [3.63, 3.8) is 0 Å². The molecule has 94 valence electrons. The molecule has 0 aromatic heterocycles. The number of hydrogen-bond acceptors (Lipinski definition) is 2. The Morgan fingerprint density at radius 1 is 1.00 bits per heavy atom. The van der Waals surface area contributed by atoms with Crippen molar-refractivity contribution in [1.29, 1.82) is 0 Å². The highest BCUT2D eigenvalue weighted by Gasteiger charge is 1.99. The molecule has 0 bridgehead atoms. The number of aryl methyl sites for hydroxylation is 1. The third-order valence-corrected chi connectivity index (χ3v) is 2.86. The zero-order chi connectivity index (χ0) is 12.8. The van der Waals surface area contributed by atoms with Crippen LogP contribution in [-0.2, 0) is 6.42 Å². The average Bonchev–Trinajstić information content (AvgIpc) is 2.38. The van der Waals surface area contributed by atoms with Gasteiger partial charge in [0, 0.05) is 5.02 Å². The van der Waals surface area contributed by atoms with E-state index >= 15 is 0 Å². The predicted molar refractivity (Wildman–Crippen MR) is 75.3 cm³/mol. The van der Waals surface area contributed by atoms with Crippen molar-refractivity contribution >= 4 is 11.6 Å². The molecule has 18 heavy (non-hydrogen) atoms. The van der Waals surface area contributed by atoms with Crippen LogP contribution >= 0.6 is 11.6 Å². The van der Waals surface area contributed by atoms with E-state index in [0.29, 0.717) is 5.02 Å². The lowest BCUT2D eigenvalue weighted by molar-refractivity contribution is 0.482. The summed E-state index contributed by atoms with van der Waals surface area (Å²) in [5.41, 5.74) is 6.76. The minimum absolute atomic E-state index is 0.673. The molecule has 0 unspecified atom stereocenters. The lowest BCUT2D eigenvalue weighted by Crippen LogP contribution is -2.00. The summed E-state index contributed by atoms with van der Waals surface area (Å²) in [6.07, 6.45) is 2.02. The Morgan fingerprint density at radius 3 is 2.44 bits per heavy atom. The van der Waals surface area contributed by atoms with Crippen molar-refractivity contribution in [2.45, 2.75) is 12.8 Å². The maximum atomic E-state index is 5.90. The Balaban J connectivity index is 2.02. The summed E-state index contributed by atoms with van der Waals surface area (Å²) in [5, 5.41) is 0.673. The van der Waals surface area contributed by atoms with E-state index in [-0.39, 0.29) is 0 Å². The van der Waals surface area contributed by atoms with E-state index in [1.54, 1.807) is 6.07 Å². The number of nitrogens with two attached hydrogens (primary N) is 1. The molecule has 3 heteroatoms. The first kappa shape index (κ1) is 12.9. The third kappa shape index (κ3) is 3.76. The Bertz CT molecular complexity index is 496. The lowest BCUT2D eigenvalue weighted by Gasteiger charge is -2.07. The molecular weight excluding hydrogens is 246 g/mol. The van der Waals surface area contributed by atoms with Crippen LogP contribution in [0.25, 0.3) is 0 Å². The smallest absolute Gasteiger partial charge is 0.128 e. The van der Waals surface area contributed by atoms with Crippen molar-refractivity contribution in [2.24, 2.45) is 5.73 Å². The molecule has 0 saturated carbocycles. The highest BCUT2D eigenvalue weighted by molar-refractivity contribution is 6.30. The second-order valence-electron chi connectivity index (χ2n) is 4.10. The fraction of sp³-hybridized carbons (Fsp3) is 0.200. The molecule has 2 aromatic carbocycles. The monoisotopic (exact) mass is 261 g/mol. The van der Waals surface area contributed by atoms with Gasteiger partial charge < -0.3 is 10.5 Å². The summed E-state index contributed by atoms with van der Waals surface area (Å²) in [6.45, 7) is 0.723. The number of hydrogen-bond donors (Lipinski definition) is 1. The van der Waals surface area contributed by atoms with Crippen LogP contribution in [0.15, 0.2) is 48.5 Å². The lowest BCUT2D eigenvalue weighted by atomic mass is 10.1. The number of benzene rings is 2. The first-order valence-corrected chi connectivity index (χ1v) is 6.38. The van der Waals surface area contributed by atoms with Crippen LogP contribution in [0.4, 0.5) is 0 Å². The van der Waals surface area contributed by atoms with Crippen molar-refractivity contribution < 1.29 is 4.74 Å². The second kappa shape index (κ2) is 6.43. The van der Waals surface area contributed by atoms with E-state index in [2.05, 4.69) is 12.1 Å². The van der Waals surface area contributed by atoms with E-state index in [1.807, 2.05) is 30.3 Å². The minimum atomic E-state index is 0.673. The van der Waals surface area contributed by atoms with Gasteiger partial charge in [-0.05, 0) is 55.3 Å². The molecule has 0 fully saturated rings. The van der Waals surface area contributed by atoms with Crippen LogP contribution in [0.2, 0.25) is 5.02 Å². The summed E-state index contributed by atoms with van der Waals surface area (Å²) in [4.78, 5) is 0. The third-order valence-electron chi connectivity index (χ3n) is 2.62. The van der Waals surface area contributed by atoms with Crippen molar-refractivity contribution in [2.75, 3.05) is 6.54 Å². The number of ether oxygens (including phenoxy) is 1. The summed E-state index contributed by atoms with van der Waals surface area (Å²) in [6, 6.07) is 15.4. The molecule has 2 rings (SSSR count). The molecule has 0 atom stereocenters. The van der Waals surface area contributed by atoms with Gasteiger partial charge in [0.25, 0.3) is 0 Å². The van der Waals surface area contributed by atoms with E-state index in [0.717, 1.165) is 30.9 Å². The molecule has 0 aliphatic carbocycles. The van der Waals surface area contributed by atoms with Gasteiger partial charge in [-0.2, -0.15) is 0 Å². The molecule has 0 aliphatic heterocycles. The normalized spacial score (nSPS) is 10.3. The molecular formula is C15H16ClNO. The van der Waals surface area contributed by atoms with Crippen LogP contribution in [0.3, 0.4) is 0 Å². The molecule has 0 radical (unpaired) electrons. The van der Waals surface area contributed by atoms with Gasteiger partial charge in [-0.1, -0.05) is 29.8 Å². The largest absolute Gasteiger partial charge is 0.457 e. The molecule has 0 amide bonds. The second-order valence-corrected chi connectivity index (χ2v) is 4.53. The maximum Gasteiger partial charge on any atom is 0.128 e. The molecule has 0 saturated heterocycles. The zero-order valence-corrected chi connectivity index (χ0v) is 10.9. The van der Waals surface area contributed by atoms with Gasteiger partial charge in [-0.15, -0.1) is 0 Å². The number of halogens is 1. The fourth-order valence-corrected chi connectivity index (χ4v) is 1.88. The predicted octanol–water partition coefficient (Wildman–Crippen LogP) is 4.02. The van der Waals surface area contributed by atoms with E-state index in [1.165, 1.54) is 5.56 Å². The first-order valence-electron chi connectivity index (χ1n) is 6.00. The molecule has 0 heterocycles. The standard InChI is InChI=1S/C15H16ClNO/c16-13-4-1-5-15(11-13)18-14-8-6-12(7-9-14)3-2-10-17/h1,4-9,11H,2-3,10,17H2. The minimum Gasteiger partial charge on any atom is -0.457 e. The molecule has 2 N–H and O–H groups in total. The maximum absolute atomic E-state index is 5.90. The van der Waals surface area contributed by atoms with Crippen LogP contribution < -0.4 is 10.5 Å². The fourth-order valence-electron chi connectivity index (χ4n) is 1.70. The quantitative estimate of drug-likeness (QED) is 0.882. The molecule has 0 aliphatic rings. The average molecular weight is 262 g/mol. The van der Waals surface area contributed by atoms with Crippen LogP contribution in [0.5, 0.6) is 11.5 Å². The van der Waals surface area contributed by atoms with Crippen molar-refractivity contribution in [3.8, 4) is 11.5 Å². The summed E-state index contributed by atoms with van der Waals surface area (Å²) in [5.74, 6) is 1.56. The van der Waals surface area contributed by atoms with Crippen LogP contribution in [0.1, 0.15) is 12.0 Å². The van der Waals surface area contributed by atoms with Crippen molar-refractivity contribution in [3.05, 3.63) is 59.1 Å². The Hall–Kier alpha value is -1.51. The van der Waals surface area contributed by atoms with Gasteiger partial charge in [-0.3, -0.25) is 0 Å². The Morgan fingerprint density at radius 2 is 1.78 bits per heavy atom. The Kier molecular flexibility index (Phi) is 4.62. The summed E-state index contributed by atoms with van der Waals surface area (Å²) < 4.78 is 5.71. The Labute approximate surface area is 112 Å². The van der Waals surface area contributed by atoms with Crippen LogP contribution in [-0.4, -0.2) is 6.54 Å². The topological polar surface area (TPSA) is 35.2 Å². The molecule has 2 aromatic rings. The van der Waals surface area contributed by atoms with Gasteiger partial charge in [0.2, 0.25) is 0 Å². The van der Waals surface area contributed by atoms with Gasteiger partial charge in [0.15, 0.2) is 0 Å². The van der Waals surface area contributed by atoms with Crippen LogP contribution in [0, 0.1) is 0 Å². The van der Waals surface area contributed by atoms with E-state index in [4.69, 9.17) is 22.1 Å².